The number of benzene rings is 2. The maximum Gasteiger partial charge on any atom is 0.258 e. The molecule has 2 saturated heterocycles. The van der Waals surface area contributed by atoms with Crippen LogP contribution < -0.4 is 10.6 Å². The molecule has 0 bridgehead atoms. The van der Waals surface area contributed by atoms with E-state index in [0.717, 1.165) is 35.1 Å². The molecular weight excluding hydrogens is 634 g/mol. The van der Waals surface area contributed by atoms with Crippen molar-refractivity contribution in [1.82, 2.24) is 19.4 Å². The number of amides is 2. The van der Waals surface area contributed by atoms with Crippen molar-refractivity contribution in [2.75, 3.05) is 56.7 Å². The van der Waals surface area contributed by atoms with Crippen LogP contribution in [0.5, 0.6) is 0 Å². The summed E-state index contributed by atoms with van der Waals surface area (Å²) in [5, 5.41) is 13.0. The van der Waals surface area contributed by atoms with E-state index in [1.54, 1.807) is 26.0 Å². The van der Waals surface area contributed by atoms with E-state index in [-0.39, 0.29) is 36.3 Å². The second-order valence-corrected chi connectivity index (χ2v) is 14.7. The molecule has 0 atom stereocenters. The highest BCUT2D eigenvalue weighted by Crippen LogP contribution is 2.38. The van der Waals surface area contributed by atoms with Crippen LogP contribution in [0.15, 0.2) is 41.3 Å². The number of aromatic nitrogens is 2. The van der Waals surface area contributed by atoms with Crippen LogP contribution in [-0.2, 0) is 42.8 Å². The molecule has 47 heavy (non-hydrogen) atoms. The molecule has 0 spiro atoms. The molecule has 3 aliphatic heterocycles. The van der Waals surface area contributed by atoms with Crippen LogP contribution in [0.2, 0.25) is 0 Å². The lowest BCUT2D eigenvalue weighted by molar-refractivity contribution is -0.122. The second-order valence-electron chi connectivity index (χ2n) is 12.8. The van der Waals surface area contributed by atoms with Gasteiger partial charge in [-0.1, -0.05) is 19.9 Å². The van der Waals surface area contributed by atoms with Crippen LogP contribution in [0.3, 0.4) is 0 Å². The summed E-state index contributed by atoms with van der Waals surface area (Å²) >= 11 is 0. The molecule has 252 valence electrons. The number of nitrogens with one attached hydrogen (secondary N) is 3. The Bertz CT molecular complexity index is 1750. The van der Waals surface area contributed by atoms with Crippen molar-refractivity contribution >= 4 is 33.3 Å². The molecule has 0 saturated carbocycles. The normalized spacial score (nSPS) is 19.2. The molecule has 6 rings (SSSR count). The minimum absolute atomic E-state index is 0.00301. The van der Waals surface area contributed by atoms with Crippen molar-refractivity contribution in [2.45, 2.75) is 50.1 Å². The van der Waals surface area contributed by atoms with Gasteiger partial charge in [0, 0.05) is 74.6 Å². The third-order valence-corrected chi connectivity index (χ3v) is 10.6. The molecule has 3 aliphatic rings. The molecule has 2 aromatic carbocycles. The predicted molar refractivity (Wildman–Crippen MR) is 168 cm³/mol. The third-order valence-electron chi connectivity index (χ3n) is 8.84. The van der Waals surface area contributed by atoms with Gasteiger partial charge in [-0.05, 0) is 42.7 Å². The number of carbonyl (C=O) groups excluding carboxylic acids is 2. The molecule has 15 heteroatoms. The number of ether oxygens (including phenoxy) is 2. The first-order chi connectivity index (χ1) is 22.4. The summed E-state index contributed by atoms with van der Waals surface area (Å²) in [6, 6.07) is 7.45. The van der Waals surface area contributed by atoms with Gasteiger partial charge in [-0.15, -0.1) is 0 Å². The molecule has 3 aromatic rings. The quantitative estimate of drug-likeness (QED) is 0.329. The van der Waals surface area contributed by atoms with E-state index in [2.05, 4.69) is 25.7 Å². The van der Waals surface area contributed by atoms with E-state index in [0.29, 0.717) is 68.8 Å². The van der Waals surface area contributed by atoms with E-state index in [1.807, 2.05) is 6.07 Å². The molecule has 0 radical (unpaired) electrons. The topological polar surface area (TPSA) is 146 Å². The molecular formula is C32H38F2N6O6S. The van der Waals surface area contributed by atoms with Crippen molar-refractivity contribution in [1.29, 1.82) is 0 Å². The Labute approximate surface area is 271 Å². The number of fused-ring (bicyclic) bond motifs is 1. The Hall–Kier alpha value is -3.76. The van der Waals surface area contributed by atoms with E-state index in [1.165, 1.54) is 0 Å². The number of anilines is 2. The number of rotatable bonds is 8. The van der Waals surface area contributed by atoms with Crippen LogP contribution in [0.4, 0.5) is 20.3 Å². The number of carbonyl (C=O) groups is 2. The van der Waals surface area contributed by atoms with Gasteiger partial charge in [0.15, 0.2) is 5.82 Å². The van der Waals surface area contributed by atoms with Gasteiger partial charge in [0.05, 0.1) is 29.4 Å². The molecule has 2 fully saturated rings. The summed E-state index contributed by atoms with van der Waals surface area (Å²) < 4.78 is 67.0. The van der Waals surface area contributed by atoms with Crippen LogP contribution in [0.25, 0.3) is 0 Å². The highest BCUT2D eigenvalue weighted by atomic mass is 32.2. The van der Waals surface area contributed by atoms with Crippen molar-refractivity contribution in [3.05, 3.63) is 70.4 Å². The molecule has 3 N–H and O–H groups in total. The van der Waals surface area contributed by atoms with Crippen molar-refractivity contribution < 1.29 is 36.3 Å². The number of sulfonamides is 1. The lowest BCUT2D eigenvalue weighted by atomic mass is 9.84. The first-order valence-electron chi connectivity index (χ1n) is 15.6. The lowest BCUT2D eigenvalue weighted by Crippen LogP contribution is -2.45. The SMILES string of the molecule is CC1(C)CN(S(=O)(=O)c2cc(F)cc(F)c2)Cc2c(NC(=O)c3ccc(CN4CCOCC4)cc3NC(=O)C3CCOCC3)n[nH]c21. The van der Waals surface area contributed by atoms with Gasteiger partial charge in [-0.2, -0.15) is 9.40 Å². The summed E-state index contributed by atoms with van der Waals surface area (Å²) in [6.07, 6.45) is 1.16. The Morgan fingerprint density at radius 1 is 1.00 bits per heavy atom. The number of aromatic amines is 1. The van der Waals surface area contributed by atoms with Crippen LogP contribution in [0.1, 0.15) is 53.9 Å². The summed E-state index contributed by atoms with van der Waals surface area (Å²) in [5.41, 5.74) is 1.74. The highest BCUT2D eigenvalue weighted by Gasteiger charge is 2.41. The fourth-order valence-electron chi connectivity index (χ4n) is 6.31. The van der Waals surface area contributed by atoms with Gasteiger partial charge >= 0.3 is 0 Å². The Kier molecular flexibility index (Phi) is 9.45. The molecule has 0 aliphatic carbocycles. The number of halogens is 2. The van der Waals surface area contributed by atoms with Crippen LogP contribution in [-0.4, -0.2) is 85.7 Å². The van der Waals surface area contributed by atoms with Gasteiger partial charge in [0.25, 0.3) is 5.91 Å². The molecule has 4 heterocycles. The van der Waals surface area contributed by atoms with Gasteiger partial charge in [-0.3, -0.25) is 19.6 Å². The smallest absolute Gasteiger partial charge is 0.258 e. The number of morpholine rings is 1. The average Bonchev–Trinajstić information content (AvgIpc) is 3.45. The van der Waals surface area contributed by atoms with Crippen LogP contribution >= 0.6 is 0 Å². The average molecular weight is 673 g/mol. The Balaban J connectivity index is 1.27. The number of H-pyrrole nitrogens is 1. The minimum atomic E-state index is -4.31. The summed E-state index contributed by atoms with van der Waals surface area (Å²) in [6.45, 7) is 7.83. The highest BCUT2D eigenvalue weighted by molar-refractivity contribution is 7.89. The summed E-state index contributed by atoms with van der Waals surface area (Å²) in [5.74, 6) is -2.89. The molecule has 1 aromatic heterocycles. The Morgan fingerprint density at radius 3 is 2.38 bits per heavy atom. The van der Waals surface area contributed by atoms with Crippen LogP contribution in [0, 0.1) is 17.6 Å². The fraction of sp³-hybridized carbons (Fsp3) is 0.469. The standard InChI is InChI=1S/C32H38F2N6O6S/c1-32(2)19-40(47(43,44)24-15-22(33)14-23(34)16-24)18-26-28(32)37-38-29(26)36-31(42)25-4-3-20(17-39-7-11-46-12-8-39)13-27(25)35-30(41)21-5-9-45-10-6-21/h3-4,13-16,21H,5-12,17-19H2,1-2H3,(H,35,41)(H2,36,37,38,42). The summed E-state index contributed by atoms with van der Waals surface area (Å²) in [4.78, 5) is 28.8. The van der Waals surface area contributed by atoms with Crippen molar-refractivity contribution in [3.8, 4) is 0 Å². The van der Waals surface area contributed by atoms with Crippen molar-refractivity contribution in [3.63, 3.8) is 0 Å². The van der Waals surface area contributed by atoms with Gasteiger partial charge in [-0.25, -0.2) is 17.2 Å². The van der Waals surface area contributed by atoms with E-state index < -0.39 is 37.9 Å². The maximum atomic E-state index is 14.0. The van der Waals surface area contributed by atoms with Gasteiger partial charge in [0.2, 0.25) is 15.9 Å². The predicted octanol–water partition coefficient (Wildman–Crippen LogP) is 3.62. The monoisotopic (exact) mass is 672 g/mol. The fourth-order valence-corrected chi connectivity index (χ4v) is 7.92. The van der Waals surface area contributed by atoms with E-state index in [9.17, 15) is 26.8 Å². The van der Waals surface area contributed by atoms with Gasteiger partial charge < -0.3 is 20.1 Å². The molecule has 2 amide bonds. The molecule has 0 unspecified atom stereocenters. The third kappa shape index (κ3) is 7.23. The van der Waals surface area contributed by atoms with E-state index >= 15 is 0 Å². The second kappa shape index (κ2) is 13.4. The first-order valence-corrected chi connectivity index (χ1v) is 17.0. The number of hydrogen-bond acceptors (Lipinski definition) is 8. The minimum Gasteiger partial charge on any atom is -0.381 e. The zero-order chi connectivity index (χ0) is 33.3. The Morgan fingerprint density at radius 2 is 1.68 bits per heavy atom. The van der Waals surface area contributed by atoms with E-state index in [4.69, 9.17) is 9.47 Å². The number of nitrogens with zero attached hydrogens (tertiary/aromatic N) is 3. The number of hydrogen-bond donors (Lipinski definition) is 3. The first kappa shape index (κ1) is 33.2. The zero-order valence-electron chi connectivity index (χ0n) is 26.3. The van der Waals surface area contributed by atoms with Crippen molar-refractivity contribution in [2.24, 2.45) is 5.92 Å². The maximum absolute atomic E-state index is 14.0. The lowest BCUT2D eigenvalue weighted by Gasteiger charge is -2.36. The van der Waals surface area contributed by atoms with Gasteiger partial charge in [0.1, 0.15) is 11.6 Å². The largest absolute Gasteiger partial charge is 0.381 e. The molecule has 12 nitrogen and oxygen atoms in total. The summed E-state index contributed by atoms with van der Waals surface area (Å²) in [7, 11) is -4.31. The zero-order valence-corrected chi connectivity index (χ0v) is 27.1.